The van der Waals surface area contributed by atoms with Crippen LogP contribution < -0.4 is 5.32 Å². The second kappa shape index (κ2) is 6.04. The Kier molecular flexibility index (Phi) is 4.50. The van der Waals surface area contributed by atoms with Gasteiger partial charge in [0.25, 0.3) is 0 Å². The molecule has 1 aliphatic carbocycles. The summed E-state index contributed by atoms with van der Waals surface area (Å²) in [5, 5.41) is 1.63. The van der Waals surface area contributed by atoms with Crippen LogP contribution in [-0.2, 0) is 4.79 Å². The van der Waals surface area contributed by atoms with Gasteiger partial charge in [0.1, 0.15) is 0 Å². The van der Waals surface area contributed by atoms with Gasteiger partial charge in [0.15, 0.2) is 11.6 Å². The summed E-state index contributed by atoms with van der Waals surface area (Å²) in [5.74, 6) is -3.16. The number of ketones is 2. The molecule has 1 aromatic carbocycles. The summed E-state index contributed by atoms with van der Waals surface area (Å²) in [6.07, 6.45) is -5.05. The van der Waals surface area contributed by atoms with E-state index in [1.54, 1.807) is 17.4 Å². The topological polar surface area (TPSA) is 63.2 Å². The van der Waals surface area contributed by atoms with Gasteiger partial charge in [-0.1, -0.05) is 40.2 Å². The van der Waals surface area contributed by atoms with E-state index in [0.29, 0.717) is 0 Å². The largest absolute Gasteiger partial charge is 0.471 e. The van der Waals surface area contributed by atoms with Crippen LogP contribution in [0.25, 0.3) is 0 Å². The lowest BCUT2D eigenvalue weighted by Crippen LogP contribution is -2.40. The van der Waals surface area contributed by atoms with Crippen LogP contribution in [0.3, 0.4) is 0 Å². The quantitative estimate of drug-likeness (QED) is 0.825. The molecule has 0 unspecified atom stereocenters. The first kappa shape index (κ1) is 16.4. The number of carbonyl (C=O) groups excluding carboxylic acids is 3. The Morgan fingerprint density at radius 3 is 2.00 bits per heavy atom. The molecule has 0 saturated carbocycles. The molecule has 1 aromatic rings. The lowest BCUT2D eigenvalue weighted by Gasteiger charge is -2.20. The number of allylic oxidation sites excluding steroid dienone is 1. The monoisotopic (exact) mass is 375 g/mol. The third-order valence-electron chi connectivity index (χ3n) is 3.15. The van der Waals surface area contributed by atoms with Gasteiger partial charge in [-0.05, 0) is 0 Å². The number of Topliss-reactive ketones (excluding diaryl/α,β-unsaturated/α-hetero) is 2. The highest BCUT2D eigenvalue weighted by Crippen LogP contribution is 2.27. The lowest BCUT2D eigenvalue weighted by atomic mass is 9.84. The molecule has 8 heteroatoms. The Balaban J connectivity index is 2.35. The minimum absolute atomic E-state index is 0.00310. The van der Waals surface area contributed by atoms with Crippen molar-refractivity contribution in [3.8, 4) is 0 Å². The molecule has 0 radical (unpaired) electrons. The van der Waals surface area contributed by atoms with E-state index < -0.39 is 30.2 Å². The molecular formula is C14H9BrF3NO3. The van der Waals surface area contributed by atoms with E-state index in [1.807, 2.05) is 0 Å². The van der Waals surface area contributed by atoms with Crippen molar-refractivity contribution in [1.29, 1.82) is 0 Å². The second-order valence-corrected chi connectivity index (χ2v) is 5.04. The van der Waals surface area contributed by atoms with Crippen LogP contribution in [0.15, 0.2) is 35.4 Å². The number of hydrogen-bond donors (Lipinski definition) is 1. The van der Waals surface area contributed by atoms with Crippen molar-refractivity contribution in [3.63, 3.8) is 0 Å². The van der Waals surface area contributed by atoms with Gasteiger partial charge in [-0.3, -0.25) is 14.4 Å². The van der Waals surface area contributed by atoms with Crippen LogP contribution in [-0.4, -0.2) is 35.5 Å². The predicted octanol–water partition coefficient (Wildman–Crippen LogP) is 2.44. The van der Waals surface area contributed by atoms with Crippen LogP contribution in [0.1, 0.15) is 20.7 Å². The van der Waals surface area contributed by atoms with Crippen LogP contribution in [0.2, 0.25) is 0 Å². The number of amides is 1. The highest BCUT2D eigenvalue weighted by atomic mass is 79.9. The molecule has 1 N–H and O–H groups in total. The highest BCUT2D eigenvalue weighted by Gasteiger charge is 2.39. The number of nitrogens with one attached hydrogen (secondary N) is 1. The number of carbonyl (C=O) groups is 3. The van der Waals surface area contributed by atoms with Crippen molar-refractivity contribution >= 4 is 33.4 Å². The van der Waals surface area contributed by atoms with Gasteiger partial charge < -0.3 is 5.32 Å². The molecule has 0 aliphatic heterocycles. The van der Waals surface area contributed by atoms with Crippen LogP contribution in [0.4, 0.5) is 13.2 Å². The molecule has 22 heavy (non-hydrogen) atoms. The van der Waals surface area contributed by atoms with Crippen molar-refractivity contribution in [2.45, 2.75) is 6.18 Å². The first-order chi connectivity index (χ1) is 10.3. The molecule has 1 amide bonds. The first-order valence-electron chi connectivity index (χ1n) is 6.08. The van der Waals surface area contributed by atoms with Crippen molar-refractivity contribution in [1.82, 2.24) is 5.32 Å². The SMILES string of the molecule is O=C1C(CBr)=C(CNC(=O)C(F)(F)F)C(=O)c2ccccc21. The summed E-state index contributed by atoms with van der Waals surface area (Å²) in [7, 11) is 0. The van der Waals surface area contributed by atoms with E-state index in [2.05, 4.69) is 15.9 Å². The zero-order valence-electron chi connectivity index (χ0n) is 11.0. The number of alkyl halides is 4. The number of benzene rings is 1. The summed E-state index contributed by atoms with van der Waals surface area (Å²) in [5.41, 5.74) is 0.227. The third kappa shape index (κ3) is 2.96. The third-order valence-corrected chi connectivity index (χ3v) is 3.71. The number of halogens is 4. The van der Waals surface area contributed by atoms with Crippen LogP contribution >= 0.6 is 15.9 Å². The molecule has 0 fully saturated rings. The Labute approximate surface area is 131 Å². The van der Waals surface area contributed by atoms with Gasteiger partial charge in [0.05, 0.1) is 0 Å². The molecule has 0 heterocycles. The molecule has 116 valence electrons. The summed E-state index contributed by atoms with van der Waals surface area (Å²) < 4.78 is 36.6. The van der Waals surface area contributed by atoms with Crippen molar-refractivity contribution in [3.05, 3.63) is 46.5 Å². The first-order valence-corrected chi connectivity index (χ1v) is 7.21. The summed E-state index contributed by atoms with van der Waals surface area (Å²) >= 11 is 3.05. The van der Waals surface area contributed by atoms with E-state index in [-0.39, 0.29) is 27.6 Å². The predicted molar refractivity (Wildman–Crippen MR) is 75.0 cm³/mol. The van der Waals surface area contributed by atoms with Crippen molar-refractivity contribution < 1.29 is 27.6 Å². The van der Waals surface area contributed by atoms with Crippen molar-refractivity contribution in [2.75, 3.05) is 11.9 Å². The summed E-state index contributed by atoms with van der Waals surface area (Å²) in [4.78, 5) is 35.5. The van der Waals surface area contributed by atoms with Gasteiger partial charge in [-0.2, -0.15) is 13.2 Å². The molecule has 4 nitrogen and oxygen atoms in total. The Morgan fingerprint density at radius 2 is 1.55 bits per heavy atom. The average Bonchev–Trinajstić information content (AvgIpc) is 2.48. The van der Waals surface area contributed by atoms with Gasteiger partial charge in [-0.15, -0.1) is 0 Å². The number of hydrogen-bond acceptors (Lipinski definition) is 3. The maximum atomic E-state index is 12.3. The minimum Gasteiger partial charge on any atom is -0.344 e. The fraction of sp³-hybridized carbons (Fsp3) is 0.214. The van der Waals surface area contributed by atoms with Gasteiger partial charge >= 0.3 is 12.1 Å². The summed E-state index contributed by atoms with van der Waals surface area (Å²) in [6, 6.07) is 6.04. The van der Waals surface area contributed by atoms with E-state index in [0.717, 1.165) is 0 Å². The molecule has 0 aromatic heterocycles. The van der Waals surface area contributed by atoms with E-state index >= 15 is 0 Å². The fourth-order valence-corrected chi connectivity index (χ4v) is 2.67. The van der Waals surface area contributed by atoms with Gasteiger partial charge in [0, 0.05) is 34.1 Å². The normalized spacial score (nSPS) is 14.9. The zero-order chi connectivity index (χ0) is 16.5. The molecule has 0 spiro atoms. The van der Waals surface area contributed by atoms with E-state index in [4.69, 9.17) is 0 Å². The lowest BCUT2D eigenvalue weighted by molar-refractivity contribution is -0.173. The minimum atomic E-state index is -5.05. The van der Waals surface area contributed by atoms with Gasteiger partial charge in [0.2, 0.25) is 0 Å². The second-order valence-electron chi connectivity index (χ2n) is 4.48. The Hall–Kier alpha value is -1.96. The summed E-state index contributed by atoms with van der Waals surface area (Å²) in [6.45, 7) is -0.655. The van der Waals surface area contributed by atoms with Crippen LogP contribution in [0, 0.1) is 0 Å². The van der Waals surface area contributed by atoms with Gasteiger partial charge in [-0.25, -0.2) is 0 Å². The molecule has 0 saturated heterocycles. The Morgan fingerprint density at radius 1 is 1.05 bits per heavy atom. The number of fused-ring (bicyclic) bond motifs is 1. The number of rotatable bonds is 3. The average molecular weight is 376 g/mol. The highest BCUT2D eigenvalue weighted by molar-refractivity contribution is 9.09. The standard InChI is InChI=1S/C14H9BrF3NO3/c15-5-9-10(6-19-13(22)14(16,17)18)12(21)8-4-2-1-3-7(8)11(9)20/h1-4H,5-6H2,(H,19,22). The molecular weight excluding hydrogens is 367 g/mol. The fourth-order valence-electron chi connectivity index (χ4n) is 2.08. The smallest absolute Gasteiger partial charge is 0.344 e. The maximum absolute atomic E-state index is 12.3. The maximum Gasteiger partial charge on any atom is 0.471 e. The van der Waals surface area contributed by atoms with E-state index in [9.17, 15) is 27.6 Å². The molecule has 2 rings (SSSR count). The van der Waals surface area contributed by atoms with E-state index in [1.165, 1.54) is 12.1 Å². The zero-order valence-corrected chi connectivity index (χ0v) is 12.5. The molecule has 0 bridgehead atoms. The Bertz CT molecular complexity index is 695. The van der Waals surface area contributed by atoms with Crippen molar-refractivity contribution in [2.24, 2.45) is 0 Å². The molecule has 0 atom stereocenters. The van der Waals surface area contributed by atoms with Crippen LogP contribution in [0.5, 0.6) is 0 Å². The molecule has 1 aliphatic rings.